The van der Waals surface area contributed by atoms with E-state index in [1.807, 2.05) is 13.8 Å². The predicted octanol–water partition coefficient (Wildman–Crippen LogP) is 4.23. The van der Waals surface area contributed by atoms with Crippen LogP contribution in [0.5, 0.6) is 0 Å². The van der Waals surface area contributed by atoms with Gasteiger partial charge in [0, 0.05) is 12.6 Å². The van der Waals surface area contributed by atoms with Gasteiger partial charge < -0.3 is 10.6 Å². The Morgan fingerprint density at radius 2 is 1.84 bits per heavy atom. The summed E-state index contributed by atoms with van der Waals surface area (Å²) in [6, 6.07) is 1.99. The molecule has 0 amide bonds. The van der Waals surface area contributed by atoms with Crippen molar-refractivity contribution in [3.05, 3.63) is 34.9 Å². The summed E-state index contributed by atoms with van der Waals surface area (Å²) in [5.74, 6) is 0.115. The molecule has 4 rings (SSSR count). The molecule has 0 spiro atoms. The maximum absolute atomic E-state index is 13.4. The molecule has 0 atom stereocenters. The first kappa shape index (κ1) is 21.3. The summed E-state index contributed by atoms with van der Waals surface area (Å²) < 4.78 is 42.0. The minimum atomic E-state index is -4.68. The Hall–Kier alpha value is -2.89. The Balaban J connectivity index is 1.72. The highest BCUT2D eigenvalue weighted by Crippen LogP contribution is 2.41. The molecule has 3 heterocycles. The van der Waals surface area contributed by atoms with Crippen molar-refractivity contribution in [3.63, 3.8) is 0 Å². The van der Waals surface area contributed by atoms with Gasteiger partial charge in [0.2, 0.25) is 5.95 Å². The second-order valence-corrected chi connectivity index (χ2v) is 8.04. The summed E-state index contributed by atoms with van der Waals surface area (Å²) in [7, 11) is 0. The average Bonchev–Trinajstić information content (AvgIpc) is 3.17. The molecule has 0 saturated heterocycles. The van der Waals surface area contributed by atoms with E-state index in [2.05, 4.69) is 30.8 Å². The van der Waals surface area contributed by atoms with Crippen LogP contribution in [-0.4, -0.2) is 41.3 Å². The Morgan fingerprint density at radius 3 is 2.42 bits per heavy atom. The van der Waals surface area contributed by atoms with E-state index in [-0.39, 0.29) is 24.4 Å². The number of halogens is 4. The Bertz CT molecular complexity index is 1070. The second kappa shape index (κ2) is 7.66. The lowest BCUT2D eigenvalue weighted by molar-refractivity contribution is -0.137. The molecule has 9 nitrogen and oxygen atoms in total. The predicted molar refractivity (Wildman–Crippen MR) is 108 cm³/mol. The summed E-state index contributed by atoms with van der Waals surface area (Å²) in [6.45, 7) is 5.75. The van der Waals surface area contributed by atoms with Gasteiger partial charge in [0.05, 0.1) is 24.1 Å². The van der Waals surface area contributed by atoms with Gasteiger partial charge in [-0.2, -0.15) is 38.2 Å². The zero-order valence-corrected chi connectivity index (χ0v) is 17.8. The van der Waals surface area contributed by atoms with Gasteiger partial charge in [-0.3, -0.25) is 0 Å². The van der Waals surface area contributed by atoms with Crippen LogP contribution in [0.25, 0.3) is 0 Å². The number of alkyl halides is 3. The number of aromatic nitrogens is 7. The van der Waals surface area contributed by atoms with Crippen molar-refractivity contribution in [1.82, 2.24) is 34.7 Å². The molecule has 0 radical (unpaired) electrons. The first-order chi connectivity index (χ1) is 14.6. The van der Waals surface area contributed by atoms with Gasteiger partial charge in [-0.25, -0.2) is 9.67 Å². The SMILES string of the molecule is CCNc1nc(Nc2cc(C(C)(C)n3nccn3)nn2C2CC2)nc(Cl)c1C(F)(F)F. The molecule has 1 saturated carbocycles. The zero-order chi connectivity index (χ0) is 22.4. The third kappa shape index (κ3) is 4.16. The van der Waals surface area contributed by atoms with Crippen molar-refractivity contribution >= 4 is 29.2 Å². The van der Waals surface area contributed by atoms with Gasteiger partial charge in [-0.05, 0) is 33.6 Å². The number of nitrogens with one attached hydrogen (secondary N) is 2. The number of hydrogen-bond donors (Lipinski definition) is 2. The van der Waals surface area contributed by atoms with Crippen LogP contribution >= 0.6 is 11.6 Å². The van der Waals surface area contributed by atoms with Crippen molar-refractivity contribution in [2.24, 2.45) is 0 Å². The van der Waals surface area contributed by atoms with E-state index in [1.165, 1.54) is 0 Å². The molecule has 13 heteroatoms. The van der Waals surface area contributed by atoms with Crippen LogP contribution in [0.1, 0.15) is 50.9 Å². The van der Waals surface area contributed by atoms with E-state index >= 15 is 0 Å². The third-order valence-electron chi connectivity index (χ3n) is 4.91. The lowest BCUT2D eigenvalue weighted by Gasteiger charge is -2.20. The molecule has 0 bridgehead atoms. The molecule has 1 aliphatic rings. The van der Waals surface area contributed by atoms with Crippen LogP contribution in [0, 0.1) is 0 Å². The van der Waals surface area contributed by atoms with Gasteiger partial charge >= 0.3 is 6.18 Å². The highest BCUT2D eigenvalue weighted by atomic mass is 35.5. The van der Waals surface area contributed by atoms with Crippen LogP contribution < -0.4 is 10.6 Å². The van der Waals surface area contributed by atoms with Crippen molar-refractivity contribution in [3.8, 4) is 0 Å². The van der Waals surface area contributed by atoms with E-state index < -0.39 is 22.4 Å². The van der Waals surface area contributed by atoms with E-state index in [4.69, 9.17) is 16.7 Å². The summed E-state index contributed by atoms with van der Waals surface area (Å²) in [5.41, 5.74) is -1.06. The van der Waals surface area contributed by atoms with Crippen LogP contribution in [0.15, 0.2) is 18.5 Å². The minimum absolute atomic E-state index is 0.0580. The molecule has 3 aromatic heterocycles. The Morgan fingerprint density at radius 1 is 1.16 bits per heavy atom. The fraction of sp³-hybridized carbons (Fsp3) is 0.500. The number of anilines is 3. The van der Waals surface area contributed by atoms with Crippen molar-refractivity contribution in [2.45, 2.75) is 51.4 Å². The van der Waals surface area contributed by atoms with Gasteiger partial charge in [0.1, 0.15) is 27.9 Å². The van der Waals surface area contributed by atoms with Crippen LogP contribution in [0.4, 0.5) is 30.8 Å². The molecule has 1 fully saturated rings. The first-order valence-electron chi connectivity index (χ1n) is 9.73. The van der Waals surface area contributed by atoms with Crippen molar-refractivity contribution < 1.29 is 13.2 Å². The fourth-order valence-electron chi connectivity index (χ4n) is 3.14. The topological polar surface area (TPSA) is 98.4 Å². The first-order valence-corrected chi connectivity index (χ1v) is 10.1. The fourth-order valence-corrected chi connectivity index (χ4v) is 3.42. The lowest BCUT2D eigenvalue weighted by atomic mass is 10.0. The summed E-state index contributed by atoms with van der Waals surface area (Å²) in [6.07, 6.45) is 0.385. The zero-order valence-electron chi connectivity index (χ0n) is 17.1. The minimum Gasteiger partial charge on any atom is -0.370 e. The average molecular weight is 456 g/mol. The third-order valence-corrected chi connectivity index (χ3v) is 5.18. The van der Waals surface area contributed by atoms with Gasteiger partial charge in [-0.15, -0.1) is 0 Å². The molecule has 0 unspecified atom stereocenters. The highest BCUT2D eigenvalue weighted by molar-refractivity contribution is 6.30. The van der Waals surface area contributed by atoms with Gasteiger partial charge in [0.15, 0.2) is 0 Å². The molecule has 166 valence electrons. The van der Waals surface area contributed by atoms with Gasteiger partial charge in [0.25, 0.3) is 0 Å². The summed E-state index contributed by atoms with van der Waals surface area (Å²) in [5, 5.41) is 18.0. The molecule has 31 heavy (non-hydrogen) atoms. The van der Waals surface area contributed by atoms with E-state index in [0.29, 0.717) is 11.5 Å². The largest absolute Gasteiger partial charge is 0.422 e. The number of hydrogen-bond acceptors (Lipinski definition) is 7. The molecule has 0 aliphatic heterocycles. The monoisotopic (exact) mass is 455 g/mol. The maximum atomic E-state index is 13.4. The standard InChI is InChI=1S/C18H21ClF3N9/c1-4-23-15-13(18(20,21)22)14(19)27-16(28-15)26-12-9-11(29-30(12)10-5-6-10)17(2,3)31-24-7-8-25-31/h7-10H,4-6H2,1-3H3,(H2,23,26,27,28). The summed E-state index contributed by atoms with van der Waals surface area (Å²) in [4.78, 5) is 9.40. The van der Waals surface area contributed by atoms with Crippen LogP contribution in [-0.2, 0) is 11.7 Å². The summed E-state index contributed by atoms with van der Waals surface area (Å²) >= 11 is 5.89. The van der Waals surface area contributed by atoms with Crippen molar-refractivity contribution in [1.29, 1.82) is 0 Å². The molecule has 3 aromatic rings. The van der Waals surface area contributed by atoms with Gasteiger partial charge in [-0.1, -0.05) is 11.6 Å². The quantitative estimate of drug-likeness (QED) is 0.514. The molecule has 1 aliphatic carbocycles. The van der Waals surface area contributed by atoms with E-state index in [9.17, 15) is 13.2 Å². The Labute approximate surface area is 181 Å². The molecule has 0 aromatic carbocycles. The van der Waals surface area contributed by atoms with E-state index in [0.717, 1.165) is 12.8 Å². The number of rotatable bonds is 7. The van der Waals surface area contributed by atoms with E-state index in [1.54, 1.807) is 34.9 Å². The smallest absolute Gasteiger partial charge is 0.370 e. The van der Waals surface area contributed by atoms with Crippen molar-refractivity contribution in [2.75, 3.05) is 17.2 Å². The Kier molecular flexibility index (Phi) is 5.28. The molecular weight excluding hydrogens is 435 g/mol. The van der Waals surface area contributed by atoms with Crippen LogP contribution in [0.3, 0.4) is 0 Å². The maximum Gasteiger partial charge on any atom is 0.422 e. The number of nitrogens with zero attached hydrogens (tertiary/aromatic N) is 7. The second-order valence-electron chi connectivity index (χ2n) is 7.68. The molecular formula is C18H21ClF3N9. The highest BCUT2D eigenvalue weighted by Gasteiger charge is 2.39. The molecule has 2 N–H and O–H groups in total. The normalized spacial score (nSPS) is 14.7. The lowest BCUT2D eigenvalue weighted by Crippen LogP contribution is -2.30. The van der Waals surface area contributed by atoms with Crippen LogP contribution in [0.2, 0.25) is 5.15 Å².